The molecule has 0 fully saturated rings. The summed E-state index contributed by atoms with van der Waals surface area (Å²) in [7, 11) is 0. The molecule has 2 heterocycles. The van der Waals surface area contributed by atoms with Gasteiger partial charge in [-0.1, -0.05) is 0 Å². The molecule has 5 heteroatoms. The molecule has 0 bridgehead atoms. The minimum absolute atomic E-state index is 0.196. The zero-order chi connectivity index (χ0) is 11.5. The van der Waals surface area contributed by atoms with E-state index in [9.17, 15) is 0 Å². The van der Waals surface area contributed by atoms with Gasteiger partial charge in [-0.15, -0.1) is 11.3 Å². The summed E-state index contributed by atoms with van der Waals surface area (Å²) >= 11 is 7.03. The molecule has 0 aliphatic rings. The van der Waals surface area contributed by atoms with E-state index in [1.54, 1.807) is 22.7 Å². The van der Waals surface area contributed by atoms with Crippen molar-refractivity contribution in [3.05, 3.63) is 42.7 Å². The number of hydrazine groups is 1. The van der Waals surface area contributed by atoms with Crippen molar-refractivity contribution < 1.29 is 0 Å². The molecule has 16 heavy (non-hydrogen) atoms. The summed E-state index contributed by atoms with van der Waals surface area (Å²) in [6.07, 6.45) is 0.923. The lowest BCUT2D eigenvalue weighted by molar-refractivity contribution is 0.554. The van der Waals surface area contributed by atoms with Crippen LogP contribution in [0.5, 0.6) is 0 Å². The largest absolute Gasteiger partial charge is 0.271 e. The van der Waals surface area contributed by atoms with Gasteiger partial charge in [0.2, 0.25) is 0 Å². The van der Waals surface area contributed by atoms with Crippen molar-refractivity contribution in [1.29, 1.82) is 0 Å². The Bertz CT molecular complexity index is 464. The topological polar surface area (TPSA) is 38.0 Å². The standard InChI is InChI=1S/C11H13BrN2S2/c1-7-5-15-6-8(7)10(14-13)4-11-9(12)2-3-16-11/h2-3,5-6,10,14H,4,13H2,1H3. The number of aryl methyl sites for hydroxylation is 1. The fourth-order valence-corrected chi connectivity index (χ4v) is 4.11. The second kappa shape index (κ2) is 5.42. The lowest BCUT2D eigenvalue weighted by atomic mass is 10.0. The zero-order valence-electron chi connectivity index (χ0n) is 8.87. The van der Waals surface area contributed by atoms with Gasteiger partial charge in [0, 0.05) is 15.8 Å². The van der Waals surface area contributed by atoms with Gasteiger partial charge in [0.05, 0.1) is 6.04 Å². The third-order valence-corrected chi connectivity index (χ3v) is 5.38. The fourth-order valence-electron chi connectivity index (χ4n) is 1.64. The number of nitrogens with two attached hydrogens (primary N) is 1. The highest BCUT2D eigenvalue weighted by Gasteiger charge is 2.15. The molecule has 0 aromatic carbocycles. The van der Waals surface area contributed by atoms with Gasteiger partial charge in [-0.2, -0.15) is 11.3 Å². The van der Waals surface area contributed by atoms with Crippen molar-refractivity contribution >= 4 is 38.6 Å². The first-order chi connectivity index (χ1) is 7.72. The van der Waals surface area contributed by atoms with Crippen LogP contribution in [0.1, 0.15) is 22.0 Å². The summed E-state index contributed by atoms with van der Waals surface area (Å²) in [4.78, 5) is 1.33. The molecule has 0 amide bonds. The minimum Gasteiger partial charge on any atom is -0.271 e. The van der Waals surface area contributed by atoms with Crippen LogP contribution in [0.15, 0.2) is 26.7 Å². The van der Waals surface area contributed by atoms with Crippen LogP contribution in [0.4, 0.5) is 0 Å². The Morgan fingerprint density at radius 3 is 2.81 bits per heavy atom. The van der Waals surface area contributed by atoms with Gasteiger partial charge < -0.3 is 0 Å². The average Bonchev–Trinajstić information content (AvgIpc) is 2.85. The third kappa shape index (κ3) is 2.55. The van der Waals surface area contributed by atoms with Crippen LogP contribution in [0.2, 0.25) is 0 Å². The van der Waals surface area contributed by atoms with E-state index < -0.39 is 0 Å². The first-order valence-corrected chi connectivity index (χ1v) is 7.54. The Morgan fingerprint density at radius 2 is 2.31 bits per heavy atom. The number of hydrogen-bond acceptors (Lipinski definition) is 4. The molecule has 0 radical (unpaired) electrons. The summed E-state index contributed by atoms with van der Waals surface area (Å²) in [6, 6.07) is 2.27. The smallest absolute Gasteiger partial charge is 0.0519 e. The molecule has 2 aromatic heterocycles. The summed E-state index contributed by atoms with van der Waals surface area (Å²) in [5, 5.41) is 6.41. The van der Waals surface area contributed by atoms with Crippen LogP contribution in [-0.2, 0) is 6.42 Å². The molecule has 1 atom stereocenters. The van der Waals surface area contributed by atoms with Gasteiger partial charge in [-0.25, -0.2) is 0 Å². The van der Waals surface area contributed by atoms with E-state index in [4.69, 9.17) is 5.84 Å². The predicted octanol–water partition coefficient (Wildman–Crippen LogP) is 3.63. The Kier molecular flexibility index (Phi) is 4.16. The van der Waals surface area contributed by atoms with E-state index >= 15 is 0 Å². The van der Waals surface area contributed by atoms with E-state index in [0.29, 0.717) is 0 Å². The molecule has 3 N–H and O–H groups in total. The van der Waals surface area contributed by atoms with Crippen molar-refractivity contribution in [2.24, 2.45) is 5.84 Å². The molecule has 2 nitrogen and oxygen atoms in total. The predicted molar refractivity (Wildman–Crippen MR) is 74.8 cm³/mol. The number of halogens is 1. The normalized spacial score (nSPS) is 12.9. The van der Waals surface area contributed by atoms with Gasteiger partial charge in [-0.3, -0.25) is 11.3 Å². The average molecular weight is 317 g/mol. The highest BCUT2D eigenvalue weighted by molar-refractivity contribution is 9.10. The molecular formula is C11H13BrN2S2. The highest BCUT2D eigenvalue weighted by Crippen LogP contribution is 2.30. The zero-order valence-corrected chi connectivity index (χ0v) is 12.1. The molecule has 2 rings (SSSR count). The van der Waals surface area contributed by atoms with Crippen LogP contribution >= 0.6 is 38.6 Å². The summed E-state index contributed by atoms with van der Waals surface area (Å²) < 4.78 is 1.17. The van der Waals surface area contributed by atoms with E-state index in [2.05, 4.69) is 50.5 Å². The van der Waals surface area contributed by atoms with E-state index in [1.165, 1.54) is 20.5 Å². The molecule has 0 saturated carbocycles. The Balaban J connectivity index is 2.19. The molecular weight excluding hydrogens is 304 g/mol. The maximum atomic E-state index is 5.64. The van der Waals surface area contributed by atoms with Gasteiger partial charge in [0.15, 0.2) is 0 Å². The van der Waals surface area contributed by atoms with Crippen molar-refractivity contribution in [3.63, 3.8) is 0 Å². The SMILES string of the molecule is Cc1cscc1C(Cc1sccc1Br)NN. The van der Waals surface area contributed by atoms with Crippen molar-refractivity contribution in [2.45, 2.75) is 19.4 Å². The Morgan fingerprint density at radius 1 is 1.50 bits per heavy atom. The fraction of sp³-hybridized carbons (Fsp3) is 0.273. The van der Waals surface area contributed by atoms with Crippen LogP contribution in [0, 0.1) is 6.92 Å². The number of hydrogen-bond donors (Lipinski definition) is 2. The third-order valence-electron chi connectivity index (χ3n) is 2.55. The molecule has 0 aliphatic heterocycles. The van der Waals surface area contributed by atoms with E-state index in [0.717, 1.165) is 6.42 Å². The summed E-state index contributed by atoms with van der Waals surface area (Å²) in [5.74, 6) is 5.64. The van der Waals surface area contributed by atoms with E-state index in [-0.39, 0.29) is 6.04 Å². The second-order valence-electron chi connectivity index (χ2n) is 3.63. The monoisotopic (exact) mass is 316 g/mol. The number of nitrogens with one attached hydrogen (secondary N) is 1. The Hall–Kier alpha value is -0.200. The molecule has 86 valence electrons. The lowest BCUT2D eigenvalue weighted by Gasteiger charge is -2.15. The van der Waals surface area contributed by atoms with Gasteiger partial charge in [-0.05, 0) is 56.2 Å². The quantitative estimate of drug-likeness (QED) is 0.667. The number of thiophene rings is 2. The van der Waals surface area contributed by atoms with Crippen LogP contribution in [0.25, 0.3) is 0 Å². The summed E-state index contributed by atoms with van der Waals surface area (Å²) in [6.45, 7) is 2.12. The minimum atomic E-state index is 0.196. The number of rotatable bonds is 4. The maximum absolute atomic E-state index is 5.64. The van der Waals surface area contributed by atoms with Crippen molar-refractivity contribution in [1.82, 2.24) is 5.43 Å². The first-order valence-electron chi connectivity index (χ1n) is 4.93. The Labute approximate surface area is 112 Å². The lowest BCUT2D eigenvalue weighted by Crippen LogP contribution is -2.29. The molecule has 0 aliphatic carbocycles. The van der Waals surface area contributed by atoms with Crippen LogP contribution in [0.3, 0.4) is 0 Å². The van der Waals surface area contributed by atoms with Crippen molar-refractivity contribution in [3.8, 4) is 0 Å². The van der Waals surface area contributed by atoms with Gasteiger partial charge >= 0.3 is 0 Å². The molecule has 0 spiro atoms. The van der Waals surface area contributed by atoms with Crippen LogP contribution in [-0.4, -0.2) is 0 Å². The van der Waals surface area contributed by atoms with Gasteiger partial charge in [0.25, 0.3) is 0 Å². The first kappa shape index (κ1) is 12.3. The highest BCUT2D eigenvalue weighted by atomic mass is 79.9. The van der Waals surface area contributed by atoms with E-state index in [1.807, 2.05) is 0 Å². The van der Waals surface area contributed by atoms with Crippen molar-refractivity contribution in [2.75, 3.05) is 0 Å². The van der Waals surface area contributed by atoms with Gasteiger partial charge in [0.1, 0.15) is 0 Å². The molecule has 2 aromatic rings. The molecule has 0 saturated heterocycles. The second-order valence-corrected chi connectivity index (χ2v) is 6.22. The maximum Gasteiger partial charge on any atom is 0.0519 e. The summed E-state index contributed by atoms with van der Waals surface area (Å²) in [5.41, 5.74) is 5.51. The molecule has 1 unspecified atom stereocenters. The van der Waals surface area contributed by atoms with Crippen LogP contribution < -0.4 is 11.3 Å².